The molecule has 1 saturated carbocycles. The number of hydrogen-bond acceptors (Lipinski definition) is 13. The van der Waals surface area contributed by atoms with Crippen LogP contribution in [0.4, 0.5) is 5.69 Å². The number of hydrogen-bond donors (Lipinski definition) is 2. The van der Waals surface area contributed by atoms with Crippen LogP contribution in [0.1, 0.15) is 86.8 Å². The van der Waals surface area contributed by atoms with E-state index in [2.05, 4.69) is 30.9 Å². The molecule has 0 bridgehead atoms. The lowest BCUT2D eigenvalue weighted by Gasteiger charge is -2.60. The van der Waals surface area contributed by atoms with E-state index in [1.54, 1.807) is 29.2 Å². The Bertz CT molecular complexity index is 2920. The van der Waals surface area contributed by atoms with Crippen LogP contribution in [0.25, 0.3) is 17.2 Å². The van der Waals surface area contributed by atoms with Gasteiger partial charge in [-0.1, -0.05) is 78.7 Å². The number of fused-ring (bicyclic) bond motifs is 3. The molecule has 5 aromatic rings. The van der Waals surface area contributed by atoms with E-state index in [0.717, 1.165) is 66.4 Å². The highest BCUT2D eigenvalue weighted by molar-refractivity contribution is 6.03. The lowest BCUT2D eigenvalue weighted by Crippen LogP contribution is -2.70. The van der Waals surface area contributed by atoms with Crippen LogP contribution in [0.2, 0.25) is 0 Å². The minimum atomic E-state index is -1.56. The maximum absolute atomic E-state index is 15.5. The molecule has 0 aromatic heterocycles. The molecule has 1 amide bonds. The zero-order chi connectivity index (χ0) is 52.4. The third-order valence-electron chi connectivity index (χ3n) is 15.2. The number of oxime groups is 1. The Morgan fingerprint density at radius 3 is 2.36 bits per heavy atom. The molecule has 15 heteroatoms. The van der Waals surface area contributed by atoms with Gasteiger partial charge in [-0.2, -0.15) is 0 Å². The van der Waals surface area contributed by atoms with Crippen molar-refractivity contribution in [2.75, 3.05) is 33.2 Å². The number of nitro groups is 1. The lowest BCUT2D eigenvalue weighted by atomic mass is 9.55. The number of nitro benzene ring substituents is 1. The molecule has 10 rings (SSSR count). The van der Waals surface area contributed by atoms with Gasteiger partial charge >= 0.3 is 0 Å². The normalized spacial score (nSPS) is 23.7. The van der Waals surface area contributed by atoms with Crippen molar-refractivity contribution < 1.29 is 53.2 Å². The molecule has 7 atom stereocenters. The number of amides is 1. The monoisotopic (exact) mass is 1030 g/mol. The van der Waals surface area contributed by atoms with Gasteiger partial charge in [-0.05, 0) is 139 Å². The smallest absolute Gasteiger partial charge is 0.269 e. The van der Waals surface area contributed by atoms with Crippen LogP contribution in [-0.2, 0) is 25.7 Å². The molecule has 5 aromatic carbocycles. The van der Waals surface area contributed by atoms with Crippen LogP contribution in [0.3, 0.4) is 0 Å². The fourth-order valence-corrected chi connectivity index (χ4v) is 11.7. The van der Waals surface area contributed by atoms with Crippen molar-refractivity contribution in [2.45, 2.75) is 94.8 Å². The molecule has 1 saturated heterocycles. The topological polar surface area (TPSA) is 181 Å². The van der Waals surface area contributed by atoms with Gasteiger partial charge in [0.15, 0.2) is 11.5 Å². The van der Waals surface area contributed by atoms with Gasteiger partial charge in [0, 0.05) is 62.3 Å². The Morgan fingerprint density at radius 2 is 1.61 bits per heavy atom. The fourth-order valence-electron chi connectivity index (χ4n) is 11.7. The summed E-state index contributed by atoms with van der Waals surface area (Å²) in [5.74, 6) is 0.140. The maximum atomic E-state index is 15.5. The van der Waals surface area contributed by atoms with E-state index < -0.39 is 29.0 Å². The van der Waals surface area contributed by atoms with Crippen molar-refractivity contribution in [2.24, 2.45) is 22.9 Å². The second kappa shape index (κ2) is 24.1. The van der Waals surface area contributed by atoms with Crippen LogP contribution in [-0.4, -0.2) is 83.0 Å². The number of aliphatic hydroxyl groups is 2. The molecule has 76 heavy (non-hydrogen) atoms. The van der Waals surface area contributed by atoms with Crippen molar-refractivity contribution in [3.63, 3.8) is 0 Å². The predicted octanol–water partition coefficient (Wildman–Crippen LogP) is 11.7. The standard InChI is InChI=1S/C61H65N3O12/c1-2-33-73-61-56(63(39-42-19-28-54-55(35-42)72-40-71-54)57(67)30-20-41-17-23-46(24-18-41)64(68)69)38-52(62-76-58-16-8-11-34-70-58)50-36-45(14-6-9-31-65)49(15-7-10-32-66)59(60(50)61)51-37-48(27-29-53(51)75-61)74-47-25-21-44(22-26-47)43-12-4-3-5-13-43/h2-5,12-13,17-30,35-37,45,49,56,58-60,65-66H,1,6-11,14-16,31-34,38-40H2/t45-,49+,56-,58?,59+,60+,61+/m0/s1. The summed E-state index contributed by atoms with van der Waals surface area (Å²) in [5, 5.41) is 36.8. The van der Waals surface area contributed by atoms with Crippen molar-refractivity contribution in [1.82, 2.24) is 4.90 Å². The first-order valence-electron chi connectivity index (χ1n) is 26.6. The van der Waals surface area contributed by atoms with Gasteiger partial charge in [0.1, 0.15) is 23.3 Å². The van der Waals surface area contributed by atoms with E-state index in [-0.39, 0.29) is 68.9 Å². The number of aliphatic hydroxyl groups excluding tert-OH is 2. The number of ether oxygens (including phenoxy) is 6. The van der Waals surface area contributed by atoms with E-state index >= 15 is 4.79 Å². The number of carbonyl (C=O) groups excluding carboxylic acids is 1. The maximum Gasteiger partial charge on any atom is 0.269 e. The second-order valence-corrected chi connectivity index (χ2v) is 20.0. The molecular formula is C61H65N3O12. The van der Waals surface area contributed by atoms with Gasteiger partial charge in [0.2, 0.25) is 24.8 Å². The van der Waals surface area contributed by atoms with E-state index in [0.29, 0.717) is 65.9 Å². The molecule has 0 spiro atoms. The van der Waals surface area contributed by atoms with Gasteiger partial charge in [0.05, 0.1) is 29.8 Å². The third-order valence-corrected chi connectivity index (χ3v) is 15.2. The summed E-state index contributed by atoms with van der Waals surface area (Å²) >= 11 is 0. The average molecular weight is 1030 g/mol. The summed E-state index contributed by atoms with van der Waals surface area (Å²) in [6.07, 6.45) is 13.6. The highest BCUT2D eigenvalue weighted by Crippen LogP contribution is 2.62. The molecule has 2 N–H and O–H groups in total. The van der Waals surface area contributed by atoms with Crippen LogP contribution in [0.5, 0.6) is 28.7 Å². The average Bonchev–Trinajstić information content (AvgIpc) is 4.08. The summed E-state index contributed by atoms with van der Waals surface area (Å²) in [5.41, 5.74) is 5.89. The van der Waals surface area contributed by atoms with Crippen LogP contribution in [0.15, 0.2) is 151 Å². The van der Waals surface area contributed by atoms with Crippen LogP contribution >= 0.6 is 0 Å². The van der Waals surface area contributed by atoms with Crippen molar-refractivity contribution >= 4 is 23.4 Å². The highest BCUT2D eigenvalue weighted by Gasteiger charge is 2.65. The minimum absolute atomic E-state index is 0.00308. The summed E-state index contributed by atoms with van der Waals surface area (Å²) in [6, 6.07) is 34.9. The van der Waals surface area contributed by atoms with Crippen molar-refractivity contribution in [3.8, 4) is 39.9 Å². The van der Waals surface area contributed by atoms with E-state index in [1.165, 1.54) is 18.2 Å². The third kappa shape index (κ3) is 11.4. The van der Waals surface area contributed by atoms with Gasteiger partial charge in [-0.25, -0.2) is 0 Å². The first kappa shape index (κ1) is 52.2. The lowest BCUT2D eigenvalue weighted by molar-refractivity contribution is -0.384. The number of allylic oxidation sites excluding steroid dienone is 1. The molecule has 5 aliphatic rings. The quantitative estimate of drug-likeness (QED) is 0.0220. The Labute approximate surface area is 443 Å². The van der Waals surface area contributed by atoms with E-state index in [1.807, 2.05) is 72.8 Å². The number of unbranched alkanes of at least 4 members (excludes halogenated alkanes) is 2. The highest BCUT2D eigenvalue weighted by atomic mass is 16.8. The van der Waals surface area contributed by atoms with E-state index in [4.69, 9.17) is 38.4 Å². The molecule has 3 heterocycles. The van der Waals surface area contributed by atoms with Gasteiger partial charge < -0.3 is 48.4 Å². The Balaban J connectivity index is 1.14. The minimum Gasteiger partial charge on any atom is -0.459 e. The Morgan fingerprint density at radius 1 is 0.855 bits per heavy atom. The number of non-ortho nitro benzene ring substituents is 1. The second-order valence-electron chi connectivity index (χ2n) is 20.0. The molecule has 0 radical (unpaired) electrons. The number of rotatable bonds is 22. The number of nitrogens with zero attached hydrogens (tertiary/aromatic N) is 3. The molecule has 1 unspecified atom stereocenters. The van der Waals surface area contributed by atoms with Crippen molar-refractivity contribution in [1.29, 1.82) is 0 Å². The summed E-state index contributed by atoms with van der Waals surface area (Å²) in [7, 11) is 0. The van der Waals surface area contributed by atoms with Gasteiger partial charge in [0.25, 0.3) is 5.69 Å². The molecule has 15 nitrogen and oxygen atoms in total. The zero-order valence-corrected chi connectivity index (χ0v) is 42.6. The number of benzene rings is 5. The number of carbonyl (C=O) groups is 1. The Kier molecular flexibility index (Phi) is 16.6. The molecule has 2 aliphatic carbocycles. The molecule has 3 aliphatic heterocycles. The van der Waals surface area contributed by atoms with Gasteiger partial charge in [-0.15, -0.1) is 6.58 Å². The largest absolute Gasteiger partial charge is 0.459 e. The first-order valence-corrected chi connectivity index (χ1v) is 26.6. The predicted molar refractivity (Wildman–Crippen MR) is 287 cm³/mol. The molecule has 396 valence electrons. The van der Waals surface area contributed by atoms with Gasteiger partial charge in [-0.3, -0.25) is 14.9 Å². The van der Waals surface area contributed by atoms with E-state index in [9.17, 15) is 20.3 Å². The summed E-state index contributed by atoms with van der Waals surface area (Å²) in [4.78, 5) is 34.7. The Hall–Kier alpha value is -7.30. The zero-order valence-electron chi connectivity index (χ0n) is 42.6. The van der Waals surface area contributed by atoms with Crippen molar-refractivity contribution in [3.05, 3.63) is 172 Å². The molecule has 2 fully saturated rings. The van der Waals surface area contributed by atoms with Crippen LogP contribution in [0, 0.1) is 27.9 Å². The summed E-state index contributed by atoms with van der Waals surface area (Å²) < 4.78 is 39.1. The van der Waals surface area contributed by atoms with Crippen LogP contribution < -0.4 is 18.9 Å². The summed E-state index contributed by atoms with van der Waals surface area (Å²) in [6.45, 7) is 5.00. The molecular weight excluding hydrogens is 967 g/mol. The SMILES string of the molecule is C=CCO[C@@]12Oc3ccc(Oc4ccc(-c5ccccc5)cc4)cc3[C@H]3[C@H](CCCCO)[C@@H](CCCCO)C=C(C(=NOC4CCCCO4)C[C@@H]1N(Cc1ccc4c(c1)OCO4)C(=O)C=Cc1ccc([N+](=O)[O-])cc1)[C@H]32. The first-order chi connectivity index (χ1) is 37.2. The fraction of sp³-hybridized carbons (Fsp3) is 0.377.